The Bertz CT molecular complexity index is 195. The first-order chi connectivity index (χ1) is 8.43. The molecule has 0 aromatic rings. The van der Waals surface area contributed by atoms with E-state index in [9.17, 15) is 5.11 Å². The van der Waals surface area contributed by atoms with Crippen LogP contribution in [0.2, 0.25) is 0 Å². The zero-order valence-electron chi connectivity index (χ0n) is 11.9. The molecule has 0 radical (unpaired) electrons. The summed E-state index contributed by atoms with van der Waals surface area (Å²) in [5.74, 6) is 0.676. The van der Waals surface area contributed by atoms with Crippen molar-refractivity contribution in [2.75, 3.05) is 33.0 Å². The molecule has 0 heterocycles. The van der Waals surface area contributed by atoms with Gasteiger partial charge in [-0.3, -0.25) is 0 Å². The van der Waals surface area contributed by atoms with E-state index in [0.717, 1.165) is 12.8 Å². The van der Waals surface area contributed by atoms with Crippen molar-refractivity contribution < 1.29 is 20.1 Å². The number of hydrogen-bond donors (Lipinski definition) is 4. The molecule has 0 aromatic heterocycles. The zero-order valence-corrected chi connectivity index (χ0v) is 11.9. The van der Waals surface area contributed by atoms with Crippen LogP contribution in [-0.4, -0.2) is 59.9 Å². The molecule has 0 saturated heterocycles. The SMILES string of the molecule is CC(C)CCCOCC(O)CNC(C)(CO)CO. The molecule has 0 aromatic carbocycles. The van der Waals surface area contributed by atoms with E-state index >= 15 is 0 Å². The van der Waals surface area contributed by atoms with Gasteiger partial charge >= 0.3 is 0 Å². The number of hydrogen-bond acceptors (Lipinski definition) is 5. The lowest BCUT2D eigenvalue weighted by Crippen LogP contribution is -2.52. The minimum absolute atomic E-state index is 0.175. The Kier molecular flexibility index (Phi) is 9.59. The molecule has 0 spiro atoms. The Morgan fingerprint density at radius 3 is 2.33 bits per heavy atom. The quantitative estimate of drug-likeness (QED) is 0.398. The number of nitrogens with one attached hydrogen (secondary N) is 1. The van der Waals surface area contributed by atoms with Crippen LogP contribution in [0.15, 0.2) is 0 Å². The predicted octanol–water partition coefficient (Wildman–Crippen LogP) is 0.133. The first-order valence-electron chi connectivity index (χ1n) is 6.66. The van der Waals surface area contributed by atoms with Gasteiger partial charge in [0.15, 0.2) is 0 Å². The molecule has 1 atom stereocenters. The van der Waals surface area contributed by atoms with E-state index in [1.807, 2.05) is 0 Å². The fraction of sp³-hybridized carbons (Fsp3) is 1.00. The number of β-amino-alcohol motifs (C(OH)–C–C–N with tert-alkyl or cyclic N) is 1. The fourth-order valence-corrected chi connectivity index (χ4v) is 1.40. The van der Waals surface area contributed by atoms with E-state index in [2.05, 4.69) is 19.2 Å². The van der Waals surface area contributed by atoms with Crippen molar-refractivity contribution in [3.63, 3.8) is 0 Å². The van der Waals surface area contributed by atoms with Crippen LogP contribution in [-0.2, 0) is 4.74 Å². The minimum atomic E-state index is -0.751. The molecule has 4 N–H and O–H groups in total. The smallest absolute Gasteiger partial charge is 0.0897 e. The van der Waals surface area contributed by atoms with Crippen molar-refractivity contribution in [2.45, 2.75) is 45.3 Å². The van der Waals surface area contributed by atoms with Crippen LogP contribution in [0, 0.1) is 5.92 Å². The Balaban J connectivity index is 3.56. The van der Waals surface area contributed by atoms with Crippen molar-refractivity contribution in [1.29, 1.82) is 0 Å². The summed E-state index contributed by atoms with van der Waals surface area (Å²) in [4.78, 5) is 0. The van der Waals surface area contributed by atoms with E-state index in [4.69, 9.17) is 14.9 Å². The summed E-state index contributed by atoms with van der Waals surface area (Å²) in [6.45, 7) is 6.92. The molecule has 0 aliphatic heterocycles. The second-order valence-electron chi connectivity index (χ2n) is 5.52. The van der Waals surface area contributed by atoms with Gasteiger partial charge in [0.05, 0.1) is 31.5 Å². The van der Waals surface area contributed by atoms with Gasteiger partial charge in [-0.15, -0.1) is 0 Å². The van der Waals surface area contributed by atoms with Crippen LogP contribution >= 0.6 is 0 Å². The lowest BCUT2D eigenvalue weighted by molar-refractivity contribution is 0.0231. The third kappa shape index (κ3) is 8.83. The molecule has 0 amide bonds. The summed E-state index contributed by atoms with van der Waals surface area (Å²) in [5.41, 5.74) is -0.751. The monoisotopic (exact) mass is 263 g/mol. The Morgan fingerprint density at radius 1 is 1.22 bits per heavy atom. The Hall–Kier alpha value is -0.200. The van der Waals surface area contributed by atoms with Crippen LogP contribution in [0.25, 0.3) is 0 Å². The summed E-state index contributed by atoms with van der Waals surface area (Å²) in [7, 11) is 0. The van der Waals surface area contributed by atoms with Crippen LogP contribution in [0.1, 0.15) is 33.6 Å². The van der Waals surface area contributed by atoms with E-state index in [0.29, 0.717) is 19.1 Å². The maximum absolute atomic E-state index is 9.66. The van der Waals surface area contributed by atoms with Gasteiger partial charge in [-0.2, -0.15) is 0 Å². The topological polar surface area (TPSA) is 82.0 Å². The average molecular weight is 263 g/mol. The second kappa shape index (κ2) is 9.69. The van der Waals surface area contributed by atoms with E-state index in [1.54, 1.807) is 6.92 Å². The lowest BCUT2D eigenvalue weighted by atomic mass is 10.1. The summed E-state index contributed by atoms with van der Waals surface area (Å²) < 4.78 is 5.36. The minimum Gasteiger partial charge on any atom is -0.394 e. The molecule has 0 aliphatic carbocycles. The van der Waals surface area contributed by atoms with Crippen molar-refractivity contribution in [2.24, 2.45) is 5.92 Å². The van der Waals surface area contributed by atoms with Crippen LogP contribution in [0.5, 0.6) is 0 Å². The largest absolute Gasteiger partial charge is 0.394 e. The number of ether oxygens (including phenoxy) is 1. The molecule has 0 fully saturated rings. The number of rotatable bonds is 11. The second-order valence-corrected chi connectivity index (χ2v) is 5.52. The highest BCUT2D eigenvalue weighted by Gasteiger charge is 2.22. The molecule has 0 bridgehead atoms. The maximum atomic E-state index is 9.66. The lowest BCUT2D eigenvalue weighted by Gasteiger charge is -2.27. The molecule has 0 saturated carbocycles. The Morgan fingerprint density at radius 2 is 1.83 bits per heavy atom. The third-order valence-corrected chi connectivity index (χ3v) is 2.84. The maximum Gasteiger partial charge on any atom is 0.0897 e. The molecule has 1 unspecified atom stereocenters. The standard InChI is InChI=1S/C13H29NO4/c1-11(2)5-4-6-18-8-12(17)7-14-13(3,9-15)10-16/h11-12,14-17H,4-10H2,1-3H3. The third-order valence-electron chi connectivity index (χ3n) is 2.84. The summed E-state index contributed by atoms with van der Waals surface area (Å²) in [6.07, 6.45) is 1.51. The Labute approximate surface area is 110 Å². The molecular formula is C13H29NO4. The van der Waals surface area contributed by atoms with Crippen LogP contribution < -0.4 is 5.32 Å². The van der Waals surface area contributed by atoms with Gasteiger partial charge in [0.1, 0.15) is 0 Å². The van der Waals surface area contributed by atoms with Gasteiger partial charge in [-0.1, -0.05) is 13.8 Å². The highest BCUT2D eigenvalue weighted by molar-refractivity contribution is 4.82. The summed E-state index contributed by atoms with van der Waals surface area (Å²) >= 11 is 0. The van der Waals surface area contributed by atoms with Gasteiger partial charge in [0, 0.05) is 13.2 Å². The van der Waals surface area contributed by atoms with E-state index < -0.39 is 11.6 Å². The molecule has 5 heteroatoms. The van der Waals surface area contributed by atoms with Gasteiger partial charge in [-0.25, -0.2) is 0 Å². The van der Waals surface area contributed by atoms with Gasteiger partial charge in [-0.05, 0) is 25.7 Å². The molecule has 18 heavy (non-hydrogen) atoms. The molecular weight excluding hydrogens is 234 g/mol. The molecule has 0 aliphatic rings. The van der Waals surface area contributed by atoms with Crippen LogP contribution in [0.4, 0.5) is 0 Å². The fourth-order valence-electron chi connectivity index (χ4n) is 1.40. The van der Waals surface area contributed by atoms with Crippen molar-refractivity contribution in [3.8, 4) is 0 Å². The predicted molar refractivity (Wildman–Crippen MR) is 71.5 cm³/mol. The van der Waals surface area contributed by atoms with Gasteiger partial charge in [0.25, 0.3) is 0 Å². The summed E-state index contributed by atoms with van der Waals surface area (Å²) in [5, 5.41) is 30.7. The zero-order chi connectivity index (χ0) is 14.0. The van der Waals surface area contributed by atoms with Gasteiger partial charge in [0.2, 0.25) is 0 Å². The van der Waals surface area contributed by atoms with Crippen molar-refractivity contribution in [3.05, 3.63) is 0 Å². The first kappa shape index (κ1) is 17.8. The highest BCUT2D eigenvalue weighted by atomic mass is 16.5. The molecule has 5 nitrogen and oxygen atoms in total. The first-order valence-corrected chi connectivity index (χ1v) is 6.66. The molecule has 0 rings (SSSR count). The van der Waals surface area contributed by atoms with Gasteiger partial charge < -0.3 is 25.4 Å². The van der Waals surface area contributed by atoms with Crippen LogP contribution in [0.3, 0.4) is 0 Å². The van der Waals surface area contributed by atoms with E-state index in [1.165, 1.54) is 0 Å². The highest BCUT2D eigenvalue weighted by Crippen LogP contribution is 2.04. The molecule has 110 valence electrons. The summed E-state index contributed by atoms with van der Waals surface area (Å²) in [6, 6.07) is 0. The van der Waals surface area contributed by atoms with Crippen molar-refractivity contribution >= 4 is 0 Å². The number of aliphatic hydroxyl groups is 3. The normalized spacial score (nSPS) is 14.2. The number of aliphatic hydroxyl groups excluding tert-OH is 3. The van der Waals surface area contributed by atoms with Crippen molar-refractivity contribution in [1.82, 2.24) is 5.32 Å². The average Bonchev–Trinajstić information content (AvgIpc) is 2.35. The van der Waals surface area contributed by atoms with E-state index in [-0.39, 0.29) is 19.8 Å².